The molecule has 1 amide bonds. The molecule has 1 saturated heterocycles. The maximum atomic E-state index is 13.1. The summed E-state index contributed by atoms with van der Waals surface area (Å²) in [5.41, 5.74) is 12.9. The second-order valence-electron chi connectivity index (χ2n) is 9.37. The second kappa shape index (κ2) is 8.67. The zero-order valence-electron chi connectivity index (χ0n) is 19.8. The minimum Gasteiger partial charge on any atom is -0.337 e. The molecule has 0 radical (unpaired) electrons. The van der Waals surface area contributed by atoms with Crippen molar-refractivity contribution in [2.75, 3.05) is 13.1 Å². The zero-order chi connectivity index (χ0) is 23.9. The number of piperidine rings is 1. The van der Waals surface area contributed by atoms with Crippen LogP contribution >= 0.6 is 0 Å². The summed E-state index contributed by atoms with van der Waals surface area (Å²) in [6.45, 7) is 4.16. The third-order valence-electron chi connectivity index (χ3n) is 7.00. The Bertz CT molecular complexity index is 1530. The Morgan fingerprint density at radius 2 is 1.94 bits per heavy atom. The van der Waals surface area contributed by atoms with Crippen molar-refractivity contribution in [3.63, 3.8) is 0 Å². The third-order valence-corrected chi connectivity index (χ3v) is 7.00. The van der Waals surface area contributed by atoms with Crippen LogP contribution in [0.4, 0.5) is 0 Å². The van der Waals surface area contributed by atoms with E-state index in [2.05, 4.69) is 51.2 Å². The van der Waals surface area contributed by atoms with E-state index in [1.165, 1.54) is 10.9 Å². The zero-order valence-corrected chi connectivity index (χ0v) is 19.8. The second-order valence-corrected chi connectivity index (χ2v) is 9.37. The molecule has 1 fully saturated rings. The average Bonchev–Trinajstić information content (AvgIpc) is 3.41. The molecule has 7 nitrogen and oxygen atoms in total. The van der Waals surface area contributed by atoms with Crippen LogP contribution in [0.3, 0.4) is 0 Å². The summed E-state index contributed by atoms with van der Waals surface area (Å²) in [7, 11) is 0. The molecule has 7 heteroatoms. The highest BCUT2D eigenvalue weighted by atomic mass is 16.2. The molecule has 4 aromatic heterocycles. The van der Waals surface area contributed by atoms with Gasteiger partial charge in [-0.25, -0.2) is 4.98 Å². The first-order valence-corrected chi connectivity index (χ1v) is 12.1. The SMILES string of the molecule is Cc1c(-c2cc3ccccc3n2Cc2ccncc2)nc2cc(C(=O)N3CCC[C@@H](N)C3)ccn12. The summed E-state index contributed by atoms with van der Waals surface area (Å²) < 4.78 is 4.36. The fourth-order valence-electron chi connectivity index (χ4n) is 5.17. The third kappa shape index (κ3) is 3.88. The van der Waals surface area contributed by atoms with E-state index in [-0.39, 0.29) is 11.9 Å². The van der Waals surface area contributed by atoms with Gasteiger partial charge in [-0.05, 0) is 61.7 Å². The largest absolute Gasteiger partial charge is 0.337 e. The first-order chi connectivity index (χ1) is 17.1. The van der Waals surface area contributed by atoms with Crippen LogP contribution in [0.1, 0.15) is 34.5 Å². The van der Waals surface area contributed by atoms with Gasteiger partial charge in [-0.1, -0.05) is 18.2 Å². The lowest BCUT2D eigenvalue weighted by atomic mass is 10.1. The van der Waals surface area contributed by atoms with Crippen LogP contribution in [0.5, 0.6) is 0 Å². The van der Waals surface area contributed by atoms with Crippen LogP contribution in [0.15, 0.2) is 73.2 Å². The van der Waals surface area contributed by atoms with E-state index in [0.717, 1.165) is 54.2 Å². The van der Waals surface area contributed by atoms with Gasteiger partial charge in [0, 0.05) is 66.4 Å². The van der Waals surface area contributed by atoms with Gasteiger partial charge in [0.05, 0.1) is 5.69 Å². The van der Waals surface area contributed by atoms with E-state index in [9.17, 15) is 4.79 Å². The predicted molar refractivity (Wildman–Crippen MR) is 137 cm³/mol. The van der Waals surface area contributed by atoms with Crippen molar-refractivity contribution in [2.45, 2.75) is 32.4 Å². The number of aromatic nitrogens is 4. The van der Waals surface area contributed by atoms with Gasteiger partial charge in [0.25, 0.3) is 5.91 Å². The van der Waals surface area contributed by atoms with Crippen LogP contribution in [0.25, 0.3) is 27.9 Å². The number of nitrogens with two attached hydrogens (primary N) is 1. The molecule has 5 aromatic rings. The van der Waals surface area contributed by atoms with Crippen molar-refractivity contribution in [3.8, 4) is 11.4 Å². The number of likely N-dealkylation sites (tertiary alicyclic amines) is 1. The molecule has 6 rings (SSSR count). The van der Waals surface area contributed by atoms with E-state index >= 15 is 0 Å². The van der Waals surface area contributed by atoms with Crippen LogP contribution in [0, 0.1) is 6.92 Å². The minimum absolute atomic E-state index is 0.0247. The average molecular weight is 465 g/mol. The van der Waals surface area contributed by atoms with Crippen molar-refractivity contribution in [3.05, 3.63) is 90.0 Å². The number of carbonyl (C=O) groups is 1. The van der Waals surface area contributed by atoms with E-state index in [1.54, 1.807) is 0 Å². The molecule has 0 aliphatic carbocycles. The van der Waals surface area contributed by atoms with Gasteiger partial charge < -0.3 is 19.6 Å². The standard InChI is InChI=1S/C28H28N6O/c1-19-27(25-15-21-5-2-3-7-24(21)34(25)17-20-8-11-30-12-9-20)31-26-16-22(10-14-33(19)26)28(35)32-13-4-6-23(29)18-32/h2-3,5,7-12,14-16,23H,4,6,13,17-18,29H2,1H3/t23-/m1/s1. The number of amides is 1. The lowest BCUT2D eigenvalue weighted by molar-refractivity contribution is 0.0709. The topological polar surface area (TPSA) is 81.5 Å². The fraction of sp³-hybridized carbons (Fsp3) is 0.250. The molecule has 0 unspecified atom stereocenters. The number of pyridine rings is 2. The molecule has 0 bridgehead atoms. The number of hydrogen-bond donors (Lipinski definition) is 1. The Hall–Kier alpha value is -3.97. The van der Waals surface area contributed by atoms with Crippen molar-refractivity contribution >= 4 is 22.5 Å². The smallest absolute Gasteiger partial charge is 0.254 e. The van der Waals surface area contributed by atoms with E-state index in [0.29, 0.717) is 12.1 Å². The Morgan fingerprint density at radius 1 is 1.11 bits per heavy atom. The highest BCUT2D eigenvalue weighted by Crippen LogP contribution is 2.31. The molecule has 1 aromatic carbocycles. The summed E-state index contributed by atoms with van der Waals surface area (Å²) >= 11 is 0. The molecule has 176 valence electrons. The molecule has 2 N–H and O–H groups in total. The molecular weight excluding hydrogens is 436 g/mol. The maximum absolute atomic E-state index is 13.1. The van der Waals surface area contributed by atoms with Gasteiger partial charge in [0.2, 0.25) is 0 Å². The van der Waals surface area contributed by atoms with Crippen LogP contribution in [0.2, 0.25) is 0 Å². The number of carbonyl (C=O) groups excluding carboxylic acids is 1. The molecule has 1 aliphatic rings. The first kappa shape index (κ1) is 21.6. The van der Waals surface area contributed by atoms with Gasteiger partial charge in [-0.2, -0.15) is 0 Å². The Kier molecular flexibility index (Phi) is 5.34. The van der Waals surface area contributed by atoms with Gasteiger partial charge in [0.1, 0.15) is 11.3 Å². The Labute approximate surface area is 203 Å². The number of hydrogen-bond acceptors (Lipinski definition) is 4. The van der Waals surface area contributed by atoms with Gasteiger partial charge >= 0.3 is 0 Å². The lowest BCUT2D eigenvalue weighted by Crippen LogP contribution is -2.45. The molecule has 1 aliphatic heterocycles. The van der Waals surface area contributed by atoms with Crippen molar-refractivity contribution in [1.29, 1.82) is 0 Å². The van der Waals surface area contributed by atoms with Gasteiger partial charge in [0.15, 0.2) is 0 Å². The molecule has 5 heterocycles. The van der Waals surface area contributed by atoms with Crippen LogP contribution < -0.4 is 5.73 Å². The Morgan fingerprint density at radius 3 is 2.77 bits per heavy atom. The van der Waals surface area contributed by atoms with E-state index in [4.69, 9.17) is 10.7 Å². The normalized spacial score (nSPS) is 16.3. The minimum atomic E-state index is 0.0247. The van der Waals surface area contributed by atoms with Crippen molar-refractivity contribution in [1.82, 2.24) is 23.8 Å². The number of aryl methyl sites for hydroxylation is 1. The molecule has 0 saturated carbocycles. The van der Waals surface area contributed by atoms with Crippen LogP contribution in [-0.4, -0.2) is 48.9 Å². The van der Waals surface area contributed by atoms with Crippen molar-refractivity contribution in [2.24, 2.45) is 5.73 Å². The summed E-state index contributed by atoms with van der Waals surface area (Å²) in [6.07, 6.45) is 7.52. The summed E-state index contributed by atoms with van der Waals surface area (Å²) in [5.74, 6) is 0.0247. The van der Waals surface area contributed by atoms with Crippen molar-refractivity contribution < 1.29 is 4.79 Å². The molecule has 1 atom stereocenters. The maximum Gasteiger partial charge on any atom is 0.254 e. The first-order valence-electron chi connectivity index (χ1n) is 12.1. The summed E-state index contributed by atoms with van der Waals surface area (Å²) in [6, 6.07) is 18.5. The quantitative estimate of drug-likeness (QED) is 0.431. The van der Waals surface area contributed by atoms with E-state index in [1.807, 2.05) is 47.8 Å². The lowest BCUT2D eigenvalue weighted by Gasteiger charge is -2.30. The molecular formula is C28H28N6O. The van der Waals surface area contributed by atoms with Crippen LogP contribution in [-0.2, 0) is 6.54 Å². The highest BCUT2D eigenvalue weighted by molar-refractivity contribution is 5.95. The number of rotatable bonds is 4. The number of para-hydroxylation sites is 1. The number of nitrogens with zero attached hydrogens (tertiary/aromatic N) is 5. The van der Waals surface area contributed by atoms with Gasteiger partial charge in [-0.15, -0.1) is 0 Å². The monoisotopic (exact) mass is 464 g/mol. The number of fused-ring (bicyclic) bond motifs is 2. The summed E-state index contributed by atoms with van der Waals surface area (Å²) in [5, 5.41) is 1.17. The Balaban J connectivity index is 1.43. The molecule has 35 heavy (non-hydrogen) atoms. The highest BCUT2D eigenvalue weighted by Gasteiger charge is 2.23. The summed E-state index contributed by atoms with van der Waals surface area (Å²) in [4.78, 5) is 24.2. The van der Waals surface area contributed by atoms with Gasteiger partial charge in [-0.3, -0.25) is 9.78 Å². The number of benzene rings is 1. The number of imidazole rings is 1. The fourth-order valence-corrected chi connectivity index (χ4v) is 5.17. The molecule has 0 spiro atoms. The van der Waals surface area contributed by atoms with E-state index < -0.39 is 0 Å². The predicted octanol–water partition coefficient (Wildman–Crippen LogP) is 4.27.